The first kappa shape index (κ1) is 16.2. The van der Waals surface area contributed by atoms with Crippen molar-refractivity contribution in [3.63, 3.8) is 0 Å². The molecule has 0 saturated carbocycles. The molecule has 0 aliphatic carbocycles. The van der Waals surface area contributed by atoms with Gasteiger partial charge >= 0.3 is 45.0 Å². The summed E-state index contributed by atoms with van der Waals surface area (Å²) in [4.78, 5) is 9.00. The Morgan fingerprint density at radius 3 is 1.44 bits per heavy atom. The van der Waals surface area contributed by atoms with Crippen LogP contribution < -0.4 is 12.3 Å². The monoisotopic (exact) mass is 246 g/mol. The number of hydrogen-bond donors (Lipinski definition) is 1. The first-order valence-corrected chi connectivity index (χ1v) is 3.77. The Bertz CT molecular complexity index is 59.2. The van der Waals surface area contributed by atoms with Crippen LogP contribution in [0.5, 0.6) is 0 Å². The second-order valence-electron chi connectivity index (χ2n) is 0.743. The second-order valence-corrected chi connectivity index (χ2v) is 1.68. The second kappa shape index (κ2) is 11.3. The molecule has 0 radical (unpaired) electrons. The van der Waals surface area contributed by atoms with Crippen LogP contribution >= 0.6 is 0 Å². The van der Waals surface area contributed by atoms with Crippen LogP contribution in [0.1, 0.15) is 6.92 Å². The summed E-state index contributed by atoms with van der Waals surface area (Å²) in [6, 6.07) is 0. The Morgan fingerprint density at radius 2 is 1.44 bits per heavy atom. The summed E-state index contributed by atoms with van der Waals surface area (Å²) < 4.78 is 25.7. The molecule has 0 heterocycles. The van der Waals surface area contributed by atoms with Gasteiger partial charge in [-0.15, -0.1) is 0 Å². The van der Waals surface area contributed by atoms with Crippen molar-refractivity contribution < 1.29 is 39.3 Å². The Morgan fingerprint density at radius 1 is 1.44 bits per heavy atom. The number of carboxylic acid groups (broad SMARTS) is 1. The zero-order chi connectivity index (χ0) is 7.15. The molecule has 0 unspecified atom stereocenters. The molecule has 0 atom stereocenters. The van der Waals surface area contributed by atoms with Crippen molar-refractivity contribution in [1.82, 2.24) is 0 Å². The third kappa shape index (κ3) is 1900. The molecular weight excluding hydrogens is 242 g/mol. The van der Waals surface area contributed by atoms with Gasteiger partial charge < -0.3 is 5.11 Å². The molecule has 0 bridgehead atoms. The number of carboxylic acids is 1. The van der Waals surface area contributed by atoms with E-state index in [4.69, 9.17) is 22.2 Å². The number of hydrogen-bond acceptors (Lipinski definition) is 4. The van der Waals surface area contributed by atoms with Crippen molar-refractivity contribution in [2.24, 2.45) is 0 Å². The van der Waals surface area contributed by atoms with Gasteiger partial charge in [-0.1, -0.05) is 0 Å². The molecule has 1 N–H and O–H groups in total. The molecule has 0 amide bonds. The fourth-order valence-electron chi connectivity index (χ4n) is 0. The first-order valence-electron chi connectivity index (χ1n) is 1.48. The van der Waals surface area contributed by atoms with E-state index in [1.165, 1.54) is 0 Å². The molecular formula is C2H4AsCuO5. The van der Waals surface area contributed by atoms with Gasteiger partial charge in [0.05, 0.1) is 0 Å². The quantitative estimate of drug-likeness (QED) is 0.440. The average Bonchev–Trinajstić information content (AvgIpc) is 1.25. The fraction of sp³-hybridized carbons (Fsp3) is 0.500. The van der Waals surface area contributed by atoms with Crippen molar-refractivity contribution in [2.45, 2.75) is 6.92 Å². The molecule has 0 aliphatic heterocycles. The topological polar surface area (TPSA) is 106 Å². The number of rotatable bonds is 0. The van der Waals surface area contributed by atoms with Gasteiger partial charge in [-0.05, 0) is 0 Å². The Hall–Kier alpha value is 0.428. The van der Waals surface area contributed by atoms with E-state index in [-0.39, 0.29) is 17.1 Å². The van der Waals surface area contributed by atoms with Crippen LogP contribution in [0.25, 0.3) is 0 Å². The molecule has 5 nitrogen and oxygen atoms in total. The number of aliphatic carboxylic acids is 1. The summed E-state index contributed by atoms with van der Waals surface area (Å²) in [6.07, 6.45) is 0. The normalized spacial score (nSPS) is 6.78. The Balaban J connectivity index is -0.0000000720. The van der Waals surface area contributed by atoms with E-state index in [9.17, 15) is 0 Å². The average molecular weight is 247 g/mol. The van der Waals surface area contributed by atoms with E-state index < -0.39 is 21.6 Å². The summed E-state index contributed by atoms with van der Waals surface area (Å²) in [7, 11) is 0. The predicted molar refractivity (Wildman–Crippen MR) is 19.1 cm³/mol. The fourth-order valence-corrected chi connectivity index (χ4v) is 0. The summed E-state index contributed by atoms with van der Waals surface area (Å²) in [6.45, 7) is 1.08. The van der Waals surface area contributed by atoms with Gasteiger partial charge in [-0.3, -0.25) is 4.79 Å². The van der Waals surface area contributed by atoms with Crippen LogP contribution in [0.2, 0.25) is 0 Å². The summed E-state index contributed by atoms with van der Waals surface area (Å²) in [5.41, 5.74) is 0. The van der Waals surface area contributed by atoms with Gasteiger partial charge in [0.2, 0.25) is 0 Å². The molecule has 58 valence electrons. The van der Waals surface area contributed by atoms with E-state index >= 15 is 0 Å². The molecule has 0 spiro atoms. The van der Waals surface area contributed by atoms with E-state index in [1.807, 2.05) is 0 Å². The minimum atomic E-state index is -3.94. The number of carbonyl (C=O) groups is 1. The van der Waals surface area contributed by atoms with Gasteiger partial charge in [-0.25, -0.2) is 0 Å². The van der Waals surface area contributed by atoms with Crippen LogP contribution in [0, 0.1) is 0 Å². The van der Waals surface area contributed by atoms with E-state index in [2.05, 4.69) is 0 Å². The standard InChI is InChI=1S/C2H4O2.AsO3.Cu/c1-2(3)4;2-1(3)4;/h1H3,(H,3,4);;/q;-3;+3. The predicted octanol–water partition coefficient (Wildman–Crippen LogP) is -3.86. The molecule has 0 saturated heterocycles. The van der Waals surface area contributed by atoms with Gasteiger partial charge in [0, 0.05) is 6.92 Å². The third-order valence-corrected chi connectivity index (χ3v) is 0. The molecule has 9 heavy (non-hydrogen) atoms. The van der Waals surface area contributed by atoms with Crippen molar-refractivity contribution in [1.29, 1.82) is 0 Å². The van der Waals surface area contributed by atoms with E-state index in [0.717, 1.165) is 6.92 Å². The maximum absolute atomic E-state index is 9.00. The van der Waals surface area contributed by atoms with Gasteiger partial charge in [0.25, 0.3) is 5.97 Å². The van der Waals surface area contributed by atoms with Gasteiger partial charge in [0.1, 0.15) is 0 Å². The molecule has 0 aromatic heterocycles. The van der Waals surface area contributed by atoms with Crippen LogP contribution in [-0.2, 0) is 21.9 Å². The molecule has 0 rings (SSSR count). The third-order valence-electron chi connectivity index (χ3n) is 0. The Kier molecular flexibility index (Phi) is 20.3. The van der Waals surface area contributed by atoms with Crippen LogP contribution in [-0.4, -0.2) is 26.8 Å². The van der Waals surface area contributed by atoms with Gasteiger partial charge in [0.15, 0.2) is 0 Å². The van der Waals surface area contributed by atoms with E-state index in [1.54, 1.807) is 0 Å². The van der Waals surface area contributed by atoms with Crippen LogP contribution in [0.15, 0.2) is 0 Å². The molecule has 0 fully saturated rings. The van der Waals surface area contributed by atoms with Crippen LogP contribution in [0.4, 0.5) is 0 Å². The SMILES string of the molecule is CC(=O)O.[Cu+3].[O-][As]([O-])[O-]. The van der Waals surface area contributed by atoms with E-state index in [0.29, 0.717) is 0 Å². The molecule has 0 aromatic carbocycles. The zero-order valence-electron chi connectivity index (χ0n) is 4.33. The van der Waals surface area contributed by atoms with Crippen molar-refractivity contribution in [3.05, 3.63) is 0 Å². The summed E-state index contributed by atoms with van der Waals surface area (Å²) in [5.74, 6) is -0.833. The molecule has 0 aliphatic rings. The molecule has 0 aromatic rings. The first-order chi connectivity index (χ1) is 3.46. The summed E-state index contributed by atoms with van der Waals surface area (Å²) >= 11 is -3.94. The molecule has 7 heteroatoms. The minimum absolute atomic E-state index is 0. The van der Waals surface area contributed by atoms with Crippen molar-refractivity contribution in [2.75, 3.05) is 0 Å². The summed E-state index contributed by atoms with van der Waals surface area (Å²) in [5, 5.41) is 7.42. The van der Waals surface area contributed by atoms with Gasteiger partial charge in [-0.2, -0.15) is 0 Å². The van der Waals surface area contributed by atoms with Crippen molar-refractivity contribution in [3.8, 4) is 0 Å². The van der Waals surface area contributed by atoms with Crippen LogP contribution in [0.3, 0.4) is 0 Å². The zero-order valence-corrected chi connectivity index (χ0v) is 7.15. The maximum atomic E-state index is 9.00. The van der Waals surface area contributed by atoms with Crippen molar-refractivity contribution >= 4 is 21.6 Å². The Labute approximate surface area is 68.1 Å².